The van der Waals surface area contributed by atoms with Crippen molar-refractivity contribution in [3.63, 3.8) is 0 Å². The zero-order valence-corrected chi connectivity index (χ0v) is 13.1. The molecule has 1 aromatic carbocycles. The molecular formula is C15H14N2O5S. The first kappa shape index (κ1) is 15.3. The van der Waals surface area contributed by atoms with Gasteiger partial charge in [0.2, 0.25) is 0 Å². The predicted molar refractivity (Wildman–Crippen MR) is 84.3 cm³/mol. The molecule has 0 fully saturated rings. The lowest BCUT2D eigenvalue weighted by molar-refractivity contribution is -0.380. The minimum Gasteiger partial charge on any atom is -0.486 e. The molecule has 0 saturated heterocycles. The van der Waals surface area contributed by atoms with Crippen molar-refractivity contribution in [1.29, 1.82) is 0 Å². The van der Waals surface area contributed by atoms with Crippen molar-refractivity contribution in [2.75, 3.05) is 20.2 Å². The van der Waals surface area contributed by atoms with Gasteiger partial charge in [0.1, 0.15) is 6.61 Å². The standard InChI is InChI=1S/C15H14N2O5S/c1-16(15(18)13-6-7-14(23-13)17(19)20)8-10-9-21-11-4-2-3-5-12(11)22-10/h2-7,10H,8-9H2,1H3. The number of carbonyl (C=O) groups excluding carboxylic acids is 1. The Morgan fingerprint density at radius 2 is 2.09 bits per heavy atom. The zero-order chi connectivity index (χ0) is 16.4. The molecule has 120 valence electrons. The summed E-state index contributed by atoms with van der Waals surface area (Å²) in [6.07, 6.45) is -0.284. The second-order valence-corrected chi connectivity index (χ2v) is 6.14. The maximum atomic E-state index is 12.3. The molecule has 0 N–H and O–H groups in total. The SMILES string of the molecule is CN(CC1COc2ccccc2O1)C(=O)c1ccc([N+](=O)[O-])s1. The Kier molecular flexibility index (Phi) is 4.16. The smallest absolute Gasteiger partial charge is 0.324 e. The molecule has 1 amide bonds. The number of fused-ring (bicyclic) bond motifs is 1. The van der Waals surface area contributed by atoms with Crippen molar-refractivity contribution in [1.82, 2.24) is 4.90 Å². The minimum atomic E-state index is -0.504. The summed E-state index contributed by atoms with van der Waals surface area (Å²) in [6.45, 7) is 0.679. The molecule has 2 heterocycles. The molecule has 0 bridgehead atoms. The van der Waals surface area contributed by atoms with Gasteiger partial charge in [-0.1, -0.05) is 23.5 Å². The molecule has 3 rings (SSSR count). The number of nitrogens with zero attached hydrogens (tertiary/aromatic N) is 2. The van der Waals surface area contributed by atoms with Gasteiger partial charge >= 0.3 is 5.00 Å². The maximum absolute atomic E-state index is 12.3. The van der Waals surface area contributed by atoms with Crippen LogP contribution >= 0.6 is 11.3 Å². The fourth-order valence-corrected chi connectivity index (χ4v) is 3.09. The van der Waals surface area contributed by atoms with Gasteiger partial charge in [-0.05, 0) is 18.2 Å². The maximum Gasteiger partial charge on any atom is 0.324 e. The summed E-state index contributed by atoms with van der Waals surface area (Å²) in [7, 11) is 1.64. The van der Waals surface area contributed by atoms with Crippen LogP contribution in [0.5, 0.6) is 11.5 Å². The predicted octanol–water partition coefficient (Wildman–Crippen LogP) is 2.57. The number of hydrogen-bond donors (Lipinski definition) is 0. The Morgan fingerprint density at radius 1 is 1.35 bits per heavy atom. The topological polar surface area (TPSA) is 81.9 Å². The number of benzene rings is 1. The summed E-state index contributed by atoms with van der Waals surface area (Å²) < 4.78 is 11.4. The van der Waals surface area contributed by atoms with E-state index in [4.69, 9.17) is 9.47 Å². The number of thiophene rings is 1. The lowest BCUT2D eigenvalue weighted by Gasteiger charge is -2.29. The number of amides is 1. The van der Waals surface area contributed by atoms with Gasteiger partial charge in [-0.2, -0.15) is 0 Å². The molecule has 1 aliphatic rings. The molecule has 0 aliphatic carbocycles. The quantitative estimate of drug-likeness (QED) is 0.634. The molecule has 23 heavy (non-hydrogen) atoms. The highest BCUT2D eigenvalue weighted by Gasteiger charge is 2.25. The van der Waals surface area contributed by atoms with Gasteiger partial charge in [0.25, 0.3) is 5.91 Å². The van der Waals surface area contributed by atoms with E-state index in [-0.39, 0.29) is 17.0 Å². The molecule has 0 spiro atoms. The summed E-state index contributed by atoms with van der Waals surface area (Å²) >= 11 is 0.866. The molecule has 8 heteroatoms. The Balaban J connectivity index is 1.64. The summed E-state index contributed by atoms with van der Waals surface area (Å²) in [5.41, 5.74) is 0. The van der Waals surface area contributed by atoms with Crippen LogP contribution in [0.15, 0.2) is 36.4 Å². The average molecular weight is 334 g/mol. The van der Waals surface area contributed by atoms with Crippen LogP contribution < -0.4 is 9.47 Å². The first-order valence-electron chi connectivity index (χ1n) is 6.93. The Labute approximate surface area is 136 Å². The van der Waals surface area contributed by atoms with Crippen molar-refractivity contribution >= 4 is 22.2 Å². The summed E-state index contributed by atoms with van der Waals surface area (Å²) in [5, 5.41) is 10.6. The van der Waals surface area contributed by atoms with Crippen LogP contribution in [0.25, 0.3) is 0 Å². The second kappa shape index (κ2) is 6.25. The minimum absolute atomic E-state index is 0.0482. The van der Waals surface area contributed by atoms with E-state index < -0.39 is 4.92 Å². The number of carbonyl (C=O) groups is 1. The first-order chi connectivity index (χ1) is 11.0. The highest BCUT2D eigenvalue weighted by Crippen LogP contribution is 2.31. The molecule has 1 atom stereocenters. The monoisotopic (exact) mass is 334 g/mol. The van der Waals surface area contributed by atoms with Gasteiger partial charge in [0.15, 0.2) is 17.6 Å². The van der Waals surface area contributed by atoms with Crippen LogP contribution in [0, 0.1) is 10.1 Å². The fourth-order valence-electron chi connectivity index (χ4n) is 2.27. The number of nitro groups is 1. The molecular weight excluding hydrogens is 320 g/mol. The third-order valence-corrected chi connectivity index (χ3v) is 4.40. The molecule has 0 saturated carbocycles. The van der Waals surface area contributed by atoms with Gasteiger partial charge in [-0.3, -0.25) is 14.9 Å². The third-order valence-electron chi connectivity index (χ3n) is 3.37. The molecule has 0 radical (unpaired) electrons. The van der Waals surface area contributed by atoms with Crippen LogP contribution in [-0.2, 0) is 0 Å². The van der Waals surface area contributed by atoms with E-state index in [1.165, 1.54) is 17.0 Å². The highest BCUT2D eigenvalue weighted by atomic mass is 32.1. The summed E-state index contributed by atoms with van der Waals surface area (Å²) in [6, 6.07) is 10.2. The normalized spacial score (nSPS) is 16.0. The van der Waals surface area contributed by atoms with E-state index in [0.29, 0.717) is 29.5 Å². The molecule has 7 nitrogen and oxygen atoms in total. The molecule has 2 aromatic rings. The van der Waals surface area contributed by atoms with Gasteiger partial charge in [-0.15, -0.1) is 0 Å². The van der Waals surface area contributed by atoms with E-state index in [1.54, 1.807) is 7.05 Å². The van der Waals surface area contributed by atoms with Crippen LogP contribution in [0.2, 0.25) is 0 Å². The van der Waals surface area contributed by atoms with Crippen molar-refractivity contribution in [3.05, 3.63) is 51.4 Å². The highest BCUT2D eigenvalue weighted by molar-refractivity contribution is 7.17. The summed E-state index contributed by atoms with van der Waals surface area (Å²) in [5.74, 6) is 1.06. The number of hydrogen-bond acceptors (Lipinski definition) is 6. The van der Waals surface area contributed by atoms with Crippen LogP contribution in [0.3, 0.4) is 0 Å². The number of para-hydroxylation sites is 2. The van der Waals surface area contributed by atoms with Crippen molar-refractivity contribution in [2.24, 2.45) is 0 Å². The Bertz CT molecular complexity index is 745. The lowest BCUT2D eigenvalue weighted by Crippen LogP contribution is -2.41. The van der Waals surface area contributed by atoms with Gasteiger partial charge in [0, 0.05) is 13.1 Å². The van der Waals surface area contributed by atoms with E-state index >= 15 is 0 Å². The molecule has 1 aromatic heterocycles. The molecule has 1 unspecified atom stereocenters. The Hall–Kier alpha value is -2.61. The van der Waals surface area contributed by atoms with E-state index in [0.717, 1.165) is 11.3 Å². The number of rotatable bonds is 4. The Morgan fingerprint density at radius 3 is 2.78 bits per heavy atom. The van der Waals surface area contributed by atoms with E-state index in [1.807, 2.05) is 24.3 Å². The number of ether oxygens (including phenoxy) is 2. The largest absolute Gasteiger partial charge is 0.486 e. The van der Waals surface area contributed by atoms with Crippen LogP contribution in [0.1, 0.15) is 9.67 Å². The van der Waals surface area contributed by atoms with Crippen molar-refractivity contribution in [2.45, 2.75) is 6.10 Å². The summed E-state index contributed by atoms with van der Waals surface area (Å²) in [4.78, 5) is 24.3. The third kappa shape index (κ3) is 3.26. The molecule has 1 aliphatic heterocycles. The lowest BCUT2D eigenvalue weighted by atomic mass is 10.2. The fraction of sp³-hybridized carbons (Fsp3) is 0.267. The van der Waals surface area contributed by atoms with Gasteiger partial charge < -0.3 is 14.4 Å². The van der Waals surface area contributed by atoms with Crippen LogP contribution in [0.4, 0.5) is 5.00 Å². The van der Waals surface area contributed by atoms with E-state index in [9.17, 15) is 14.9 Å². The van der Waals surface area contributed by atoms with Crippen molar-refractivity contribution in [3.8, 4) is 11.5 Å². The number of likely N-dealkylation sites (N-methyl/N-ethyl adjacent to an activating group) is 1. The van der Waals surface area contributed by atoms with Crippen LogP contribution in [-0.4, -0.2) is 42.0 Å². The zero-order valence-electron chi connectivity index (χ0n) is 12.3. The first-order valence-corrected chi connectivity index (χ1v) is 7.74. The average Bonchev–Trinajstić information content (AvgIpc) is 3.04. The van der Waals surface area contributed by atoms with Crippen molar-refractivity contribution < 1.29 is 19.2 Å². The van der Waals surface area contributed by atoms with Gasteiger partial charge in [0.05, 0.1) is 16.3 Å². The second-order valence-electron chi connectivity index (χ2n) is 5.08. The van der Waals surface area contributed by atoms with Gasteiger partial charge in [-0.25, -0.2) is 0 Å². The van der Waals surface area contributed by atoms with E-state index in [2.05, 4.69) is 0 Å².